The number of phenolic OH excluding ortho intramolecular Hbond substituents is 1. The van der Waals surface area contributed by atoms with E-state index in [0.717, 1.165) is 6.07 Å². The molecule has 0 saturated carbocycles. The number of allylic oxidation sites excluding steroid dienone is 4. The quantitative estimate of drug-likeness (QED) is 0.775. The second kappa shape index (κ2) is 3.93. The summed E-state index contributed by atoms with van der Waals surface area (Å²) >= 11 is 0. The highest BCUT2D eigenvalue weighted by Crippen LogP contribution is 2.27. The number of phenols is 1. The van der Waals surface area contributed by atoms with Gasteiger partial charge in [-0.2, -0.15) is 0 Å². The number of aryl methyl sites for hydroxylation is 1. The van der Waals surface area contributed by atoms with Crippen molar-refractivity contribution in [3.05, 3.63) is 52.9 Å². The maximum atomic E-state index is 13.2. The Balaban J connectivity index is 2.44. The van der Waals surface area contributed by atoms with Crippen molar-refractivity contribution < 1.29 is 14.3 Å². The fraction of sp³-hybridized carbons (Fsp3) is 0.154. The highest BCUT2D eigenvalue weighted by atomic mass is 19.1. The molecule has 0 aliphatic heterocycles. The van der Waals surface area contributed by atoms with Gasteiger partial charge in [0.15, 0.2) is 5.78 Å². The molecule has 3 heteroatoms. The molecule has 0 fully saturated rings. The lowest BCUT2D eigenvalue weighted by molar-refractivity contribution is 0.103. The van der Waals surface area contributed by atoms with Crippen LogP contribution in [-0.2, 0) is 0 Å². The van der Waals surface area contributed by atoms with Crippen LogP contribution in [0.5, 0.6) is 5.75 Å². The molecule has 0 saturated heterocycles. The molecule has 1 aromatic carbocycles. The fourth-order valence-corrected chi connectivity index (χ4v) is 1.70. The molecular weight excluding hydrogens is 207 g/mol. The third-order valence-corrected chi connectivity index (χ3v) is 2.57. The van der Waals surface area contributed by atoms with Crippen molar-refractivity contribution in [1.29, 1.82) is 0 Å². The van der Waals surface area contributed by atoms with E-state index < -0.39 is 5.82 Å². The zero-order valence-electron chi connectivity index (χ0n) is 8.83. The maximum absolute atomic E-state index is 13.2. The van der Waals surface area contributed by atoms with Crippen LogP contribution >= 0.6 is 0 Å². The Kier molecular flexibility index (Phi) is 2.60. The summed E-state index contributed by atoms with van der Waals surface area (Å²) in [6.07, 6.45) is 5.84. The van der Waals surface area contributed by atoms with Gasteiger partial charge in [0, 0.05) is 5.57 Å². The first-order valence-corrected chi connectivity index (χ1v) is 4.99. The third kappa shape index (κ3) is 1.76. The van der Waals surface area contributed by atoms with Gasteiger partial charge in [0.25, 0.3) is 0 Å². The van der Waals surface area contributed by atoms with E-state index in [1.54, 1.807) is 19.1 Å². The molecule has 2 nitrogen and oxygen atoms in total. The summed E-state index contributed by atoms with van der Waals surface area (Å²) in [7, 11) is 0. The monoisotopic (exact) mass is 218 g/mol. The molecule has 0 radical (unpaired) electrons. The standard InChI is InChI=1S/C13H11FO2/c1-8-6-10(14)7-11(12(8)15)13(16)9-4-2-3-5-9/h2-4,6-7,15H,5H2,1H3. The van der Waals surface area contributed by atoms with E-state index in [2.05, 4.69) is 0 Å². The van der Waals surface area contributed by atoms with Gasteiger partial charge in [0.2, 0.25) is 0 Å². The number of halogens is 1. The molecule has 0 aromatic heterocycles. The number of Topliss-reactive ketones (excluding diaryl/α,β-unsaturated/α-hetero) is 1. The van der Waals surface area contributed by atoms with Crippen molar-refractivity contribution in [2.45, 2.75) is 13.3 Å². The van der Waals surface area contributed by atoms with Crippen molar-refractivity contribution in [1.82, 2.24) is 0 Å². The molecule has 2 rings (SSSR count). The van der Waals surface area contributed by atoms with Crippen LogP contribution in [-0.4, -0.2) is 10.9 Å². The van der Waals surface area contributed by atoms with Crippen LogP contribution < -0.4 is 0 Å². The number of hydrogen-bond acceptors (Lipinski definition) is 2. The molecule has 1 aliphatic carbocycles. The molecule has 0 atom stereocenters. The molecule has 0 bridgehead atoms. The highest BCUT2D eigenvalue weighted by molar-refractivity contribution is 6.11. The van der Waals surface area contributed by atoms with E-state index in [4.69, 9.17) is 0 Å². The lowest BCUT2D eigenvalue weighted by Crippen LogP contribution is -2.03. The average molecular weight is 218 g/mol. The summed E-state index contributed by atoms with van der Waals surface area (Å²) in [4.78, 5) is 11.9. The van der Waals surface area contributed by atoms with E-state index in [1.807, 2.05) is 6.08 Å². The topological polar surface area (TPSA) is 37.3 Å². The number of rotatable bonds is 2. The zero-order chi connectivity index (χ0) is 11.7. The molecule has 16 heavy (non-hydrogen) atoms. The van der Waals surface area contributed by atoms with Crippen molar-refractivity contribution in [2.24, 2.45) is 0 Å². The Morgan fingerprint density at radius 2 is 2.19 bits per heavy atom. The largest absolute Gasteiger partial charge is 0.507 e. The summed E-state index contributed by atoms with van der Waals surface area (Å²) in [6.45, 7) is 1.57. The lowest BCUT2D eigenvalue weighted by Gasteiger charge is -2.07. The average Bonchev–Trinajstić information content (AvgIpc) is 2.75. The summed E-state index contributed by atoms with van der Waals surface area (Å²) in [5, 5.41) is 9.72. The van der Waals surface area contributed by atoms with E-state index in [9.17, 15) is 14.3 Å². The predicted octanol–water partition coefficient (Wildman–Crippen LogP) is 2.91. The Labute approximate surface area is 92.7 Å². The summed E-state index contributed by atoms with van der Waals surface area (Å²) in [5.74, 6) is -0.963. The van der Waals surface area contributed by atoms with E-state index >= 15 is 0 Å². The Hall–Kier alpha value is -1.90. The van der Waals surface area contributed by atoms with Gasteiger partial charge >= 0.3 is 0 Å². The van der Waals surface area contributed by atoms with E-state index in [0.29, 0.717) is 17.6 Å². The van der Waals surface area contributed by atoms with E-state index in [-0.39, 0.29) is 17.1 Å². The fourth-order valence-electron chi connectivity index (χ4n) is 1.70. The minimum Gasteiger partial charge on any atom is -0.507 e. The second-order valence-electron chi connectivity index (χ2n) is 3.77. The maximum Gasteiger partial charge on any atom is 0.193 e. The van der Waals surface area contributed by atoms with Gasteiger partial charge in [-0.15, -0.1) is 0 Å². The number of ketones is 1. The summed E-state index contributed by atoms with van der Waals surface area (Å²) < 4.78 is 13.2. The van der Waals surface area contributed by atoms with Crippen molar-refractivity contribution in [3.63, 3.8) is 0 Å². The highest BCUT2D eigenvalue weighted by Gasteiger charge is 2.18. The molecular formula is C13H11FO2. The van der Waals surface area contributed by atoms with Crippen molar-refractivity contribution in [2.75, 3.05) is 0 Å². The van der Waals surface area contributed by atoms with Crippen molar-refractivity contribution in [3.8, 4) is 5.75 Å². The molecule has 1 aliphatic rings. The smallest absolute Gasteiger partial charge is 0.193 e. The zero-order valence-corrected chi connectivity index (χ0v) is 8.83. The summed E-state index contributed by atoms with van der Waals surface area (Å²) in [5.41, 5.74) is 0.975. The van der Waals surface area contributed by atoms with Gasteiger partial charge in [-0.25, -0.2) is 4.39 Å². The third-order valence-electron chi connectivity index (χ3n) is 2.57. The minimum absolute atomic E-state index is 0.0347. The Morgan fingerprint density at radius 1 is 1.44 bits per heavy atom. The second-order valence-corrected chi connectivity index (χ2v) is 3.77. The first-order chi connectivity index (χ1) is 7.59. The number of carbonyl (C=O) groups excluding carboxylic acids is 1. The number of benzene rings is 1. The summed E-state index contributed by atoms with van der Waals surface area (Å²) in [6, 6.07) is 2.28. The molecule has 0 unspecified atom stereocenters. The van der Waals surface area contributed by atoms with Crippen LogP contribution in [0.25, 0.3) is 0 Å². The molecule has 0 heterocycles. The molecule has 1 aromatic rings. The molecule has 1 N–H and O–H groups in total. The predicted molar refractivity (Wildman–Crippen MR) is 59.0 cm³/mol. The molecule has 0 amide bonds. The molecule has 82 valence electrons. The Bertz CT molecular complexity index is 513. The van der Waals surface area contributed by atoms with Crippen molar-refractivity contribution >= 4 is 5.78 Å². The van der Waals surface area contributed by atoms with Gasteiger partial charge in [-0.1, -0.05) is 18.2 Å². The molecule has 0 spiro atoms. The normalized spacial score (nSPS) is 14.0. The van der Waals surface area contributed by atoms with Crippen LogP contribution in [0.2, 0.25) is 0 Å². The first kappa shape index (κ1) is 10.6. The van der Waals surface area contributed by atoms with Crippen LogP contribution in [0.1, 0.15) is 22.3 Å². The SMILES string of the molecule is Cc1cc(F)cc(C(=O)C2=CC=CC2)c1O. The van der Waals surface area contributed by atoms with Crippen LogP contribution in [0.3, 0.4) is 0 Å². The minimum atomic E-state index is -0.509. The van der Waals surface area contributed by atoms with Gasteiger partial charge in [-0.3, -0.25) is 4.79 Å². The van der Waals surface area contributed by atoms with Crippen LogP contribution in [0.15, 0.2) is 35.9 Å². The van der Waals surface area contributed by atoms with E-state index in [1.165, 1.54) is 6.07 Å². The van der Waals surface area contributed by atoms with Gasteiger partial charge in [-0.05, 0) is 31.0 Å². The number of carbonyl (C=O) groups is 1. The van der Waals surface area contributed by atoms with Crippen LogP contribution in [0.4, 0.5) is 4.39 Å². The van der Waals surface area contributed by atoms with Gasteiger partial charge in [0.05, 0.1) is 5.56 Å². The number of aromatic hydroxyl groups is 1. The first-order valence-electron chi connectivity index (χ1n) is 4.99. The van der Waals surface area contributed by atoms with Crippen LogP contribution in [0, 0.1) is 12.7 Å². The van der Waals surface area contributed by atoms with Gasteiger partial charge in [0.1, 0.15) is 11.6 Å². The lowest BCUT2D eigenvalue weighted by atomic mass is 9.99. The van der Waals surface area contributed by atoms with Gasteiger partial charge < -0.3 is 5.11 Å². The number of hydrogen-bond donors (Lipinski definition) is 1. The Morgan fingerprint density at radius 3 is 2.81 bits per heavy atom.